The molecule has 0 aliphatic rings. The Bertz CT molecular complexity index is 3350. The van der Waals surface area contributed by atoms with Crippen LogP contribution in [-0.4, -0.2) is 19.6 Å². The Balaban J connectivity index is 1.29. The molecule has 4 nitrogen and oxygen atoms in total. The van der Waals surface area contributed by atoms with Gasteiger partial charge in [0.25, 0.3) is 0 Å². The van der Waals surface area contributed by atoms with Gasteiger partial charge in [-0.1, -0.05) is 205 Å². The van der Waals surface area contributed by atoms with E-state index in [2.05, 4.69) is 252 Å². The zero-order chi connectivity index (χ0) is 49.9. The summed E-state index contributed by atoms with van der Waals surface area (Å²) >= 11 is 0. The molecular formula is C66H69N3O. The standard InChI is InChI=1S/C66H69N3O/c1-41(2)48-37-56(42(3)4)62(70)57(38-48)63-68-61-55(20-17-21-59(61)69(63)60-40-52(65(8,9)10)30-31-54(60)46-26-28-51(29-27-46)64(5,6)7)49-34-50(36-53(35-49)66(11,12)13)58-39-47(32-33-67-58)45-24-22-44(23-25-45)43-18-15-14-16-19-43/h14-42,70H,1-13H3. The Morgan fingerprint density at radius 2 is 1.04 bits per heavy atom. The van der Waals surface area contributed by atoms with Crippen LogP contribution in [0.2, 0.25) is 0 Å². The minimum atomic E-state index is -0.158. The van der Waals surface area contributed by atoms with Crippen LogP contribution in [0.25, 0.3) is 83.9 Å². The van der Waals surface area contributed by atoms with Gasteiger partial charge in [0, 0.05) is 22.9 Å². The zero-order valence-corrected chi connectivity index (χ0v) is 43.5. The van der Waals surface area contributed by atoms with Crippen LogP contribution in [-0.2, 0) is 16.2 Å². The van der Waals surface area contributed by atoms with Crippen LogP contribution < -0.4 is 0 Å². The molecule has 0 atom stereocenters. The third-order valence-electron chi connectivity index (χ3n) is 14.0. The molecule has 0 aliphatic heterocycles. The van der Waals surface area contributed by atoms with Gasteiger partial charge in [-0.25, -0.2) is 4.98 Å². The van der Waals surface area contributed by atoms with E-state index in [0.29, 0.717) is 5.82 Å². The summed E-state index contributed by atoms with van der Waals surface area (Å²) in [5.74, 6) is 1.33. The van der Waals surface area contributed by atoms with Gasteiger partial charge in [0.15, 0.2) is 0 Å². The topological polar surface area (TPSA) is 50.9 Å². The predicted octanol–water partition coefficient (Wildman–Crippen LogP) is 18.3. The molecule has 0 fully saturated rings. The first kappa shape index (κ1) is 48.0. The van der Waals surface area contributed by atoms with Crippen LogP contribution in [0.4, 0.5) is 0 Å². The quantitative estimate of drug-likeness (QED) is 0.157. The molecular weight excluding hydrogens is 851 g/mol. The molecule has 0 spiro atoms. The van der Waals surface area contributed by atoms with Gasteiger partial charge in [0.05, 0.1) is 28.0 Å². The molecule has 0 aliphatic carbocycles. The van der Waals surface area contributed by atoms with Gasteiger partial charge in [-0.05, 0) is 132 Å². The van der Waals surface area contributed by atoms with Crippen molar-refractivity contribution in [3.05, 3.63) is 192 Å². The molecule has 9 aromatic rings. The van der Waals surface area contributed by atoms with E-state index in [0.717, 1.165) is 72.5 Å². The van der Waals surface area contributed by atoms with Gasteiger partial charge < -0.3 is 5.11 Å². The summed E-state index contributed by atoms with van der Waals surface area (Å²) in [4.78, 5) is 10.7. The SMILES string of the molecule is CC(C)c1cc(-c2nc3c(-c4cc(-c5cc(-c6ccc(-c7ccccc7)cc6)ccn5)cc(C(C)(C)C)c4)cccc3n2-c2cc(C(C)(C)C)ccc2-c2ccc(C(C)(C)C)cc2)c(O)c(C(C)C)c1. The van der Waals surface area contributed by atoms with Gasteiger partial charge in [-0.3, -0.25) is 9.55 Å². The molecule has 7 aromatic carbocycles. The third-order valence-corrected chi connectivity index (χ3v) is 14.0. The maximum atomic E-state index is 12.5. The molecule has 0 bridgehead atoms. The number of hydrogen-bond donors (Lipinski definition) is 1. The van der Waals surface area contributed by atoms with Crippen LogP contribution in [0.3, 0.4) is 0 Å². The number of phenols is 1. The van der Waals surface area contributed by atoms with Crippen LogP contribution in [0.5, 0.6) is 5.75 Å². The van der Waals surface area contributed by atoms with E-state index in [-0.39, 0.29) is 33.8 Å². The van der Waals surface area contributed by atoms with Gasteiger partial charge in [0.1, 0.15) is 11.6 Å². The molecule has 0 saturated heterocycles. The Morgan fingerprint density at radius 1 is 0.443 bits per heavy atom. The lowest BCUT2D eigenvalue weighted by molar-refractivity contribution is 0.466. The maximum absolute atomic E-state index is 12.5. The molecule has 0 amide bonds. The Hall–Kier alpha value is -7.04. The molecule has 1 N–H and O–H groups in total. The highest BCUT2D eigenvalue weighted by Gasteiger charge is 2.27. The summed E-state index contributed by atoms with van der Waals surface area (Å²) in [5, 5.41) is 12.5. The van der Waals surface area contributed by atoms with Crippen molar-refractivity contribution in [3.63, 3.8) is 0 Å². The van der Waals surface area contributed by atoms with Crippen molar-refractivity contribution in [1.82, 2.24) is 14.5 Å². The zero-order valence-electron chi connectivity index (χ0n) is 43.5. The van der Waals surface area contributed by atoms with Gasteiger partial charge >= 0.3 is 0 Å². The molecule has 0 radical (unpaired) electrons. The highest BCUT2D eigenvalue weighted by Crippen LogP contribution is 2.45. The van der Waals surface area contributed by atoms with E-state index in [1.165, 1.54) is 33.4 Å². The highest BCUT2D eigenvalue weighted by atomic mass is 16.3. The van der Waals surface area contributed by atoms with Crippen molar-refractivity contribution in [2.45, 2.75) is 118 Å². The second-order valence-corrected chi connectivity index (χ2v) is 23.0. The highest BCUT2D eigenvalue weighted by molar-refractivity contribution is 5.98. The van der Waals surface area contributed by atoms with Crippen LogP contribution in [0.1, 0.15) is 130 Å². The van der Waals surface area contributed by atoms with Crippen molar-refractivity contribution >= 4 is 11.0 Å². The smallest absolute Gasteiger partial charge is 0.149 e. The van der Waals surface area contributed by atoms with Gasteiger partial charge in [0.2, 0.25) is 0 Å². The normalized spacial score (nSPS) is 12.4. The number of nitrogens with zero attached hydrogens (tertiary/aromatic N) is 3. The summed E-state index contributed by atoms with van der Waals surface area (Å²) in [7, 11) is 0. The van der Waals surface area contributed by atoms with E-state index in [4.69, 9.17) is 9.97 Å². The van der Waals surface area contributed by atoms with Crippen molar-refractivity contribution in [3.8, 4) is 78.6 Å². The Kier molecular flexibility index (Phi) is 12.6. The maximum Gasteiger partial charge on any atom is 0.149 e. The van der Waals surface area contributed by atoms with Crippen LogP contribution in [0, 0.1) is 0 Å². The molecule has 2 aromatic heterocycles. The fourth-order valence-electron chi connectivity index (χ4n) is 9.58. The number of aromatic hydroxyl groups is 1. The minimum Gasteiger partial charge on any atom is -0.507 e. The first-order valence-electron chi connectivity index (χ1n) is 25.1. The fraction of sp³-hybridized carbons (Fsp3) is 0.273. The van der Waals surface area contributed by atoms with Crippen molar-refractivity contribution in [2.75, 3.05) is 0 Å². The first-order valence-corrected chi connectivity index (χ1v) is 25.1. The summed E-state index contributed by atoms with van der Waals surface area (Å²) in [6.07, 6.45) is 1.93. The Morgan fingerprint density at radius 3 is 1.67 bits per heavy atom. The first-order chi connectivity index (χ1) is 33.2. The van der Waals surface area contributed by atoms with E-state index in [9.17, 15) is 5.11 Å². The second-order valence-electron chi connectivity index (χ2n) is 23.0. The number of rotatable bonds is 9. The predicted molar refractivity (Wildman–Crippen MR) is 297 cm³/mol. The molecule has 2 heterocycles. The molecule has 0 saturated carbocycles. The number of pyridine rings is 1. The molecule has 4 heteroatoms. The average molecular weight is 920 g/mol. The van der Waals surface area contributed by atoms with E-state index in [1.54, 1.807) is 0 Å². The molecule has 70 heavy (non-hydrogen) atoms. The number of aromatic nitrogens is 3. The fourth-order valence-corrected chi connectivity index (χ4v) is 9.58. The van der Waals surface area contributed by atoms with Crippen molar-refractivity contribution in [2.24, 2.45) is 0 Å². The number of hydrogen-bond acceptors (Lipinski definition) is 3. The van der Waals surface area contributed by atoms with Crippen LogP contribution >= 0.6 is 0 Å². The minimum absolute atomic E-state index is 0.0206. The second kappa shape index (κ2) is 18.4. The summed E-state index contributed by atoms with van der Waals surface area (Å²) < 4.78 is 2.33. The molecule has 354 valence electrons. The van der Waals surface area contributed by atoms with Gasteiger partial charge in [-0.15, -0.1) is 0 Å². The third kappa shape index (κ3) is 9.49. The van der Waals surface area contributed by atoms with Crippen molar-refractivity contribution in [1.29, 1.82) is 0 Å². The lowest BCUT2D eigenvalue weighted by Gasteiger charge is -2.24. The average Bonchev–Trinajstić information content (AvgIpc) is 3.72. The number of fused-ring (bicyclic) bond motifs is 1. The number of benzene rings is 7. The van der Waals surface area contributed by atoms with E-state index in [1.807, 2.05) is 6.20 Å². The van der Waals surface area contributed by atoms with Crippen LogP contribution in [0.15, 0.2) is 164 Å². The largest absolute Gasteiger partial charge is 0.507 e. The number of imidazole rings is 1. The van der Waals surface area contributed by atoms with Gasteiger partial charge in [-0.2, -0.15) is 0 Å². The summed E-state index contributed by atoms with van der Waals surface area (Å²) in [5.41, 5.74) is 20.0. The van der Waals surface area contributed by atoms with E-state index < -0.39 is 0 Å². The number of phenolic OH excluding ortho intramolecular Hbond substituents is 1. The Labute approximate surface area is 417 Å². The lowest BCUT2D eigenvalue weighted by atomic mass is 9.83. The van der Waals surface area contributed by atoms with Crippen molar-refractivity contribution < 1.29 is 5.11 Å². The van der Waals surface area contributed by atoms with E-state index >= 15 is 0 Å². The summed E-state index contributed by atoms with van der Waals surface area (Å²) in [6, 6.07) is 57.4. The summed E-state index contributed by atoms with van der Waals surface area (Å²) in [6.45, 7) is 29.2. The molecule has 9 rings (SSSR count). The molecule has 0 unspecified atom stereocenters. The number of para-hydroxylation sites is 1. The lowest BCUT2D eigenvalue weighted by Crippen LogP contribution is -2.13. The monoisotopic (exact) mass is 920 g/mol.